The van der Waals surface area contributed by atoms with E-state index in [1.165, 1.54) is 11.1 Å². The van der Waals surface area contributed by atoms with E-state index >= 15 is 0 Å². The quantitative estimate of drug-likeness (QED) is 0.449. The maximum atomic E-state index is 14.4. The smallest absolute Gasteiger partial charge is 0.337 e. The molecule has 2 unspecified atom stereocenters. The molecule has 2 atom stereocenters. The van der Waals surface area contributed by atoms with Gasteiger partial charge in [-0.15, -0.1) is 0 Å². The fraction of sp³-hybridized carbons (Fsp3) is 0.364. The Labute approximate surface area is 215 Å². The van der Waals surface area contributed by atoms with Crippen molar-refractivity contribution in [3.05, 3.63) is 64.2 Å². The minimum absolute atomic E-state index is 0.0165. The molecule has 0 spiro atoms. The first kappa shape index (κ1) is 26.2. The number of nitrogens with zero attached hydrogens (tertiary/aromatic N) is 9. The van der Waals surface area contributed by atoms with Crippen LogP contribution >= 0.6 is 0 Å². The van der Waals surface area contributed by atoms with Crippen molar-refractivity contribution in [2.75, 3.05) is 31.1 Å². The van der Waals surface area contributed by atoms with Gasteiger partial charge in [0.05, 0.1) is 12.2 Å². The fourth-order valence-electron chi connectivity index (χ4n) is 4.29. The first-order valence-electron chi connectivity index (χ1n) is 11.6. The Bertz CT molecular complexity index is 1450. The summed E-state index contributed by atoms with van der Waals surface area (Å²) in [5, 5.41) is 8.71. The molecule has 1 saturated heterocycles. The van der Waals surface area contributed by atoms with Crippen LogP contribution in [0.5, 0.6) is 0 Å². The predicted octanol–water partition coefficient (Wildman–Crippen LogP) is 2.65. The Morgan fingerprint density at radius 2 is 1.69 bits per heavy atom. The zero-order valence-electron chi connectivity index (χ0n) is 19.8. The number of urea groups is 1. The Hall–Kier alpha value is -4.44. The summed E-state index contributed by atoms with van der Waals surface area (Å²) in [5.41, 5.74) is -1.10. The SMILES string of the molecule is O=C(N1CCN(c2ncc(F)c(-n3ncn(C(F)C(F)F)c3=O)n2)CC1)N1N=CCC1c1cc(F)cc(F)c1. The van der Waals surface area contributed by atoms with Gasteiger partial charge in [-0.1, -0.05) is 0 Å². The topological polar surface area (TPSA) is 105 Å². The van der Waals surface area contributed by atoms with Gasteiger partial charge in [0.25, 0.3) is 6.43 Å². The lowest BCUT2D eigenvalue weighted by Crippen LogP contribution is -2.52. The summed E-state index contributed by atoms with van der Waals surface area (Å²) in [6.07, 6.45) is -3.46. The molecule has 2 aromatic heterocycles. The van der Waals surface area contributed by atoms with E-state index in [2.05, 4.69) is 20.2 Å². The maximum Gasteiger partial charge on any atom is 0.354 e. The summed E-state index contributed by atoms with van der Waals surface area (Å²) in [4.78, 5) is 36.4. The molecule has 0 aliphatic carbocycles. The predicted molar refractivity (Wildman–Crippen MR) is 123 cm³/mol. The van der Waals surface area contributed by atoms with E-state index in [0.717, 1.165) is 29.4 Å². The number of carbonyl (C=O) groups is 1. The number of anilines is 1. The lowest BCUT2D eigenvalue weighted by atomic mass is 10.0. The van der Waals surface area contributed by atoms with Crippen LogP contribution in [-0.4, -0.2) is 79.1 Å². The van der Waals surface area contributed by atoms with E-state index in [1.807, 2.05) is 0 Å². The highest BCUT2D eigenvalue weighted by molar-refractivity contribution is 5.78. The number of hydrogen-bond acceptors (Lipinski definition) is 7. The van der Waals surface area contributed by atoms with E-state index in [9.17, 15) is 35.9 Å². The van der Waals surface area contributed by atoms with E-state index < -0.39 is 53.8 Å². The molecule has 206 valence electrons. The molecule has 3 aromatic rings. The molecule has 0 saturated carbocycles. The zero-order valence-corrected chi connectivity index (χ0v) is 19.8. The monoisotopic (exact) mass is 555 g/mol. The van der Waals surface area contributed by atoms with Crippen molar-refractivity contribution in [3.63, 3.8) is 0 Å². The Morgan fingerprint density at radius 3 is 2.36 bits per heavy atom. The molecule has 17 heteroatoms. The molecule has 2 aliphatic rings. The molecule has 39 heavy (non-hydrogen) atoms. The molecule has 0 N–H and O–H groups in total. The van der Waals surface area contributed by atoms with Crippen molar-refractivity contribution in [1.29, 1.82) is 0 Å². The molecule has 11 nitrogen and oxygen atoms in total. The van der Waals surface area contributed by atoms with E-state index in [4.69, 9.17) is 0 Å². The van der Waals surface area contributed by atoms with Gasteiger partial charge in [-0.2, -0.15) is 19.9 Å². The summed E-state index contributed by atoms with van der Waals surface area (Å²) < 4.78 is 81.2. The molecule has 5 rings (SSSR count). The highest BCUT2D eigenvalue weighted by Gasteiger charge is 2.34. The van der Waals surface area contributed by atoms with Gasteiger partial charge in [0.2, 0.25) is 12.2 Å². The summed E-state index contributed by atoms with van der Waals surface area (Å²) in [6.45, 7) is 0.652. The summed E-state index contributed by atoms with van der Waals surface area (Å²) in [6, 6.07) is 1.84. The second-order valence-electron chi connectivity index (χ2n) is 8.63. The first-order chi connectivity index (χ1) is 18.6. The fourth-order valence-corrected chi connectivity index (χ4v) is 4.29. The van der Waals surface area contributed by atoms with Gasteiger partial charge < -0.3 is 9.80 Å². The van der Waals surface area contributed by atoms with E-state index in [-0.39, 0.29) is 48.7 Å². The molecule has 0 radical (unpaired) electrons. The van der Waals surface area contributed by atoms with Gasteiger partial charge in [-0.05, 0) is 17.7 Å². The summed E-state index contributed by atoms with van der Waals surface area (Å²) >= 11 is 0. The van der Waals surface area contributed by atoms with E-state index in [0.29, 0.717) is 11.0 Å². The van der Waals surface area contributed by atoms with Crippen LogP contribution in [0.4, 0.5) is 37.1 Å². The Balaban J connectivity index is 1.29. The van der Waals surface area contributed by atoms with Crippen LogP contribution < -0.4 is 10.6 Å². The lowest BCUT2D eigenvalue weighted by molar-refractivity contribution is 0.00581. The third-order valence-corrected chi connectivity index (χ3v) is 6.21. The number of benzene rings is 1. The average Bonchev–Trinajstić information content (AvgIpc) is 3.55. The van der Waals surface area contributed by atoms with E-state index in [1.54, 1.807) is 4.90 Å². The minimum atomic E-state index is -3.50. The normalized spacial score (nSPS) is 18.3. The molecule has 0 bridgehead atoms. The maximum absolute atomic E-state index is 14.4. The van der Waals surface area contributed by atoms with Crippen molar-refractivity contribution < 1.29 is 31.1 Å². The van der Waals surface area contributed by atoms with Crippen LogP contribution in [0.3, 0.4) is 0 Å². The molecule has 2 amide bonds. The van der Waals surface area contributed by atoms with Gasteiger partial charge >= 0.3 is 11.7 Å². The van der Waals surface area contributed by atoms with Gasteiger partial charge in [0, 0.05) is 44.9 Å². The molecule has 1 fully saturated rings. The number of halogens is 6. The first-order valence-corrected chi connectivity index (χ1v) is 11.6. The average molecular weight is 555 g/mol. The zero-order chi connectivity index (χ0) is 27.8. The Morgan fingerprint density at radius 1 is 1.00 bits per heavy atom. The molecule has 2 aliphatic heterocycles. The number of hydrazone groups is 1. The van der Waals surface area contributed by atoms with Crippen LogP contribution in [0.25, 0.3) is 5.82 Å². The third kappa shape index (κ3) is 5.03. The number of hydrogen-bond donors (Lipinski definition) is 0. The number of amides is 2. The molecular formula is C22H19F6N9O2. The van der Waals surface area contributed by atoms with Crippen molar-refractivity contribution in [2.24, 2.45) is 5.10 Å². The van der Waals surface area contributed by atoms with Gasteiger partial charge in [-0.3, -0.25) is 0 Å². The molecular weight excluding hydrogens is 536 g/mol. The van der Waals surface area contributed by atoms with Crippen LogP contribution in [0.1, 0.15) is 24.3 Å². The van der Waals surface area contributed by atoms with Crippen LogP contribution in [0, 0.1) is 17.5 Å². The second-order valence-corrected chi connectivity index (χ2v) is 8.63. The highest BCUT2D eigenvalue weighted by Crippen LogP contribution is 2.30. The second kappa shape index (κ2) is 10.4. The van der Waals surface area contributed by atoms with Crippen LogP contribution in [0.2, 0.25) is 0 Å². The minimum Gasteiger partial charge on any atom is -0.337 e. The number of rotatable bonds is 5. The largest absolute Gasteiger partial charge is 0.354 e. The van der Waals surface area contributed by atoms with Crippen molar-refractivity contribution in [3.8, 4) is 5.82 Å². The Kier molecular flexibility index (Phi) is 6.96. The van der Waals surface area contributed by atoms with Crippen molar-refractivity contribution in [2.45, 2.75) is 25.2 Å². The van der Waals surface area contributed by atoms with Crippen molar-refractivity contribution >= 4 is 18.2 Å². The summed E-state index contributed by atoms with van der Waals surface area (Å²) in [7, 11) is 0. The lowest BCUT2D eigenvalue weighted by Gasteiger charge is -2.37. The van der Waals surface area contributed by atoms with Gasteiger partial charge in [-0.25, -0.2) is 50.5 Å². The van der Waals surface area contributed by atoms with Crippen LogP contribution in [-0.2, 0) is 0 Å². The number of aromatic nitrogens is 5. The molecule has 1 aromatic carbocycles. The summed E-state index contributed by atoms with van der Waals surface area (Å²) in [5.74, 6) is -3.36. The van der Waals surface area contributed by atoms with Crippen molar-refractivity contribution in [1.82, 2.24) is 34.2 Å². The standard InChI is InChI=1S/C22H19F6N9O2/c23-13-7-12(8-14(24)9-13)16-1-2-30-36(16)21(38)34-5-3-33(4-6-34)20-29-10-15(25)19(32-20)37-22(39)35(11-31-37)18(28)17(26)27/h2,7-11,16-18H,1,3-6H2. The number of carbonyl (C=O) groups excluding carboxylic acids is 1. The highest BCUT2D eigenvalue weighted by atomic mass is 19.3. The molecule has 4 heterocycles. The van der Waals surface area contributed by atoms with Gasteiger partial charge in [0.1, 0.15) is 18.0 Å². The number of piperazine rings is 1. The van der Waals surface area contributed by atoms with Crippen LogP contribution in [0.15, 0.2) is 40.6 Å². The van der Waals surface area contributed by atoms with Gasteiger partial charge in [0.15, 0.2) is 11.6 Å². The number of alkyl halides is 3. The third-order valence-electron chi connectivity index (χ3n) is 6.21.